The first-order chi connectivity index (χ1) is 13.6. The lowest BCUT2D eigenvalue weighted by Crippen LogP contribution is -2.40. The maximum absolute atomic E-state index is 13.5. The van der Waals surface area contributed by atoms with E-state index in [1.165, 1.54) is 0 Å². The Morgan fingerprint density at radius 2 is 1.64 bits per heavy atom. The van der Waals surface area contributed by atoms with Crippen molar-refractivity contribution in [2.75, 3.05) is 4.90 Å². The van der Waals surface area contributed by atoms with E-state index in [1.807, 2.05) is 60.7 Å². The molecule has 0 fully saturated rings. The van der Waals surface area contributed by atoms with E-state index in [9.17, 15) is 9.90 Å². The normalized spacial score (nSPS) is 18.6. The SMILES string of the molecule is O=C1N(Cc2ccc(Cl)cc2)c2ccccc2C1(O)c1c[nH]c2ccccc12. The Balaban J connectivity index is 1.65. The smallest absolute Gasteiger partial charge is 0.268 e. The topological polar surface area (TPSA) is 56.3 Å². The zero-order valence-electron chi connectivity index (χ0n) is 14.9. The summed E-state index contributed by atoms with van der Waals surface area (Å²) < 4.78 is 0. The van der Waals surface area contributed by atoms with Crippen molar-refractivity contribution in [2.24, 2.45) is 0 Å². The third-order valence-electron chi connectivity index (χ3n) is 5.37. The van der Waals surface area contributed by atoms with Crippen molar-refractivity contribution in [3.63, 3.8) is 0 Å². The Labute approximate surface area is 167 Å². The molecule has 5 rings (SSSR count). The van der Waals surface area contributed by atoms with Gasteiger partial charge in [0.25, 0.3) is 5.91 Å². The number of halogens is 1. The molecule has 1 aliphatic rings. The molecule has 2 heterocycles. The molecule has 0 aliphatic carbocycles. The lowest BCUT2D eigenvalue weighted by atomic mass is 9.87. The Morgan fingerprint density at radius 3 is 2.46 bits per heavy atom. The Morgan fingerprint density at radius 1 is 0.929 bits per heavy atom. The van der Waals surface area contributed by atoms with Gasteiger partial charge in [-0.05, 0) is 29.8 Å². The van der Waals surface area contributed by atoms with Crippen LogP contribution in [0.5, 0.6) is 0 Å². The molecule has 1 atom stereocenters. The third kappa shape index (κ3) is 2.39. The predicted molar refractivity (Wildman–Crippen MR) is 110 cm³/mol. The molecule has 1 aromatic heterocycles. The molecule has 4 nitrogen and oxygen atoms in total. The zero-order chi connectivity index (χ0) is 19.3. The summed E-state index contributed by atoms with van der Waals surface area (Å²) in [6.45, 7) is 0.359. The molecule has 2 N–H and O–H groups in total. The first-order valence-corrected chi connectivity index (χ1v) is 9.42. The number of para-hydroxylation sites is 2. The summed E-state index contributed by atoms with van der Waals surface area (Å²) in [6, 6.07) is 22.5. The second-order valence-corrected chi connectivity index (χ2v) is 7.43. The molecular weight excluding hydrogens is 372 g/mol. The molecule has 28 heavy (non-hydrogen) atoms. The van der Waals surface area contributed by atoms with Crippen LogP contribution in [0.3, 0.4) is 0 Å². The van der Waals surface area contributed by atoms with Gasteiger partial charge in [-0.15, -0.1) is 0 Å². The fourth-order valence-corrected chi connectivity index (χ4v) is 4.12. The van der Waals surface area contributed by atoms with Gasteiger partial charge < -0.3 is 15.0 Å². The van der Waals surface area contributed by atoms with Crippen LogP contribution in [0.4, 0.5) is 5.69 Å². The Kier molecular flexibility index (Phi) is 3.79. The highest BCUT2D eigenvalue weighted by Crippen LogP contribution is 2.46. The minimum absolute atomic E-state index is 0.353. The fourth-order valence-electron chi connectivity index (χ4n) is 4.00. The first kappa shape index (κ1) is 17.0. The van der Waals surface area contributed by atoms with E-state index in [0.717, 1.165) is 22.2 Å². The summed E-state index contributed by atoms with van der Waals surface area (Å²) in [5.41, 5.74) is 1.97. The van der Waals surface area contributed by atoms with Gasteiger partial charge in [0.05, 0.1) is 12.2 Å². The molecule has 1 aliphatic heterocycles. The number of fused-ring (bicyclic) bond motifs is 2. The molecule has 0 radical (unpaired) electrons. The molecule has 3 aromatic carbocycles. The van der Waals surface area contributed by atoms with Crippen molar-refractivity contribution in [2.45, 2.75) is 12.1 Å². The molecule has 5 heteroatoms. The lowest BCUT2D eigenvalue weighted by Gasteiger charge is -2.23. The van der Waals surface area contributed by atoms with Crippen LogP contribution in [0.25, 0.3) is 10.9 Å². The van der Waals surface area contributed by atoms with E-state index in [0.29, 0.717) is 22.7 Å². The highest BCUT2D eigenvalue weighted by atomic mass is 35.5. The van der Waals surface area contributed by atoms with E-state index in [2.05, 4.69) is 4.98 Å². The average Bonchev–Trinajstić information content (AvgIpc) is 3.24. The maximum atomic E-state index is 13.5. The molecule has 4 aromatic rings. The van der Waals surface area contributed by atoms with Crippen molar-refractivity contribution in [1.29, 1.82) is 0 Å². The molecule has 0 saturated heterocycles. The third-order valence-corrected chi connectivity index (χ3v) is 5.62. The molecule has 0 saturated carbocycles. The van der Waals surface area contributed by atoms with Crippen LogP contribution in [0.15, 0.2) is 79.0 Å². The van der Waals surface area contributed by atoms with Gasteiger partial charge in [0.2, 0.25) is 0 Å². The lowest BCUT2D eigenvalue weighted by molar-refractivity contribution is -0.132. The molecule has 0 bridgehead atoms. The summed E-state index contributed by atoms with van der Waals surface area (Å²) in [6.07, 6.45) is 1.73. The van der Waals surface area contributed by atoms with E-state index >= 15 is 0 Å². The Hall–Kier alpha value is -3.08. The van der Waals surface area contributed by atoms with E-state index < -0.39 is 5.60 Å². The van der Waals surface area contributed by atoms with E-state index in [-0.39, 0.29) is 5.91 Å². The number of benzene rings is 3. The zero-order valence-corrected chi connectivity index (χ0v) is 15.6. The maximum Gasteiger partial charge on any atom is 0.268 e. The van der Waals surface area contributed by atoms with Crippen LogP contribution in [-0.4, -0.2) is 16.0 Å². The number of aromatic nitrogens is 1. The van der Waals surface area contributed by atoms with E-state index in [4.69, 9.17) is 11.6 Å². The second kappa shape index (κ2) is 6.23. The van der Waals surface area contributed by atoms with Crippen molar-refractivity contribution in [1.82, 2.24) is 4.98 Å². The van der Waals surface area contributed by atoms with Crippen molar-refractivity contribution < 1.29 is 9.90 Å². The van der Waals surface area contributed by atoms with Gasteiger partial charge in [-0.1, -0.05) is 60.1 Å². The minimum atomic E-state index is -1.73. The second-order valence-electron chi connectivity index (χ2n) is 6.99. The predicted octanol–water partition coefficient (Wildman–Crippen LogP) is 4.60. The number of anilines is 1. The number of aliphatic hydroxyl groups is 1. The number of aromatic amines is 1. The number of nitrogens with zero attached hydrogens (tertiary/aromatic N) is 1. The minimum Gasteiger partial charge on any atom is -0.372 e. The molecule has 0 spiro atoms. The van der Waals surface area contributed by atoms with Gasteiger partial charge in [0, 0.05) is 33.2 Å². The van der Waals surface area contributed by atoms with Gasteiger partial charge in [0.1, 0.15) is 0 Å². The standard InChI is InChI=1S/C23H17ClN2O2/c24-16-11-9-15(10-12-16)14-26-21-8-4-2-6-18(21)23(28,22(26)27)19-13-25-20-7-3-1-5-17(19)20/h1-13,25,28H,14H2. The summed E-state index contributed by atoms with van der Waals surface area (Å²) in [5, 5.41) is 13.2. The molecular formula is C23H17ClN2O2. The van der Waals surface area contributed by atoms with E-state index in [1.54, 1.807) is 23.2 Å². The summed E-state index contributed by atoms with van der Waals surface area (Å²) in [4.78, 5) is 18.3. The van der Waals surface area contributed by atoms with Gasteiger partial charge in [0.15, 0.2) is 5.60 Å². The van der Waals surface area contributed by atoms with Gasteiger partial charge in [-0.3, -0.25) is 4.79 Å². The molecule has 1 amide bonds. The summed E-state index contributed by atoms with van der Waals surface area (Å²) in [7, 11) is 0. The first-order valence-electron chi connectivity index (χ1n) is 9.04. The van der Waals surface area contributed by atoms with Crippen molar-refractivity contribution in [3.8, 4) is 0 Å². The van der Waals surface area contributed by atoms with Crippen LogP contribution in [0.2, 0.25) is 5.02 Å². The number of amides is 1. The van der Waals surface area contributed by atoms with Crippen LogP contribution in [0, 0.1) is 0 Å². The van der Waals surface area contributed by atoms with Crippen LogP contribution >= 0.6 is 11.6 Å². The van der Waals surface area contributed by atoms with Gasteiger partial charge in [-0.2, -0.15) is 0 Å². The van der Waals surface area contributed by atoms with Crippen LogP contribution in [-0.2, 0) is 16.9 Å². The quantitative estimate of drug-likeness (QED) is 0.538. The average molecular weight is 389 g/mol. The fraction of sp³-hybridized carbons (Fsp3) is 0.0870. The number of hydrogen-bond donors (Lipinski definition) is 2. The monoisotopic (exact) mass is 388 g/mol. The van der Waals surface area contributed by atoms with Crippen molar-refractivity contribution in [3.05, 3.63) is 101 Å². The summed E-state index contributed by atoms with van der Waals surface area (Å²) in [5.74, 6) is -0.353. The number of hydrogen-bond acceptors (Lipinski definition) is 2. The molecule has 138 valence electrons. The Bertz CT molecular complexity index is 1200. The number of rotatable bonds is 3. The highest BCUT2D eigenvalue weighted by molar-refractivity contribution is 6.30. The highest BCUT2D eigenvalue weighted by Gasteiger charge is 2.51. The van der Waals surface area contributed by atoms with Gasteiger partial charge >= 0.3 is 0 Å². The van der Waals surface area contributed by atoms with Crippen LogP contribution in [0.1, 0.15) is 16.7 Å². The molecule has 1 unspecified atom stereocenters. The van der Waals surface area contributed by atoms with Crippen LogP contribution < -0.4 is 4.90 Å². The van der Waals surface area contributed by atoms with Gasteiger partial charge in [-0.25, -0.2) is 0 Å². The number of nitrogens with one attached hydrogen (secondary N) is 1. The largest absolute Gasteiger partial charge is 0.372 e. The number of carbonyl (C=O) groups is 1. The number of H-pyrrole nitrogens is 1. The van der Waals surface area contributed by atoms with Crippen molar-refractivity contribution >= 4 is 34.1 Å². The number of carbonyl (C=O) groups excluding carboxylic acids is 1. The summed E-state index contributed by atoms with van der Waals surface area (Å²) >= 11 is 5.98.